The molecule has 1 aromatic rings. The highest BCUT2D eigenvalue weighted by molar-refractivity contribution is 7.89. The molecule has 0 spiro atoms. The topological polar surface area (TPSA) is 89.3 Å². The number of nitrogens with one attached hydrogen (secondary N) is 1. The third-order valence-corrected chi connectivity index (χ3v) is 6.44. The van der Waals surface area contributed by atoms with E-state index in [1.807, 2.05) is 6.92 Å². The first-order valence-corrected chi connectivity index (χ1v) is 9.45. The fraction of sp³-hybridized carbons (Fsp3) is 0.538. The van der Waals surface area contributed by atoms with Crippen LogP contribution in [0, 0.1) is 13.8 Å². The van der Waals surface area contributed by atoms with Gasteiger partial charge in [-0.05, 0) is 37.5 Å². The van der Waals surface area contributed by atoms with E-state index in [4.69, 9.17) is 5.73 Å². The van der Waals surface area contributed by atoms with Gasteiger partial charge in [-0.3, -0.25) is 4.21 Å². The molecular formula is C13H22N2O3S2. The number of rotatable bonds is 6. The van der Waals surface area contributed by atoms with E-state index in [9.17, 15) is 12.6 Å². The Kier molecular flexibility index (Phi) is 5.73. The lowest BCUT2D eigenvalue weighted by Gasteiger charge is -2.14. The number of nitrogens with two attached hydrogens (primary N) is 1. The van der Waals surface area contributed by atoms with Crippen molar-refractivity contribution in [2.24, 2.45) is 0 Å². The zero-order valence-electron chi connectivity index (χ0n) is 12.3. The van der Waals surface area contributed by atoms with Gasteiger partial charge in [-0.25, -0.2) is 13.1 Å². The maximum Gasteiger partial charge on any atom is 0.241 e. The number of sulfonamides is 1. The monoisotopic (exact) mass is 318 g/mol. The molecule has 0 radical (unpaired) electrons. The number of benzene rings is 1. The summed E-state index contributed by atoms with van der Waals surface area (Å²) in [6.45, 7) is 5.53. The molecule has 0 aliphatic carbocycles. The lowest BCUT2D eigenvalue weighted by molar-refractivity contribution is 0.576. The van der Waals surface area contributed by atoms with E-state index in [0.29, 0.717) is 23.2 Å². The second-order valence-corrected chi connectivity index (χ2v) is 8.43. The van der Waals surface area contributed by atoms with Crippen LogP contribution in [0.3, 0.4) is 0 Å². The van der Waals surface area contributed by atoms with E-state index >= 15 is 0 Å². The van der Waals surface area contributed by atoms with Crippen molar-refractivity contribution in [1.82, 2.24) is 4.72 Å². The summed E-state index contributed by atoms with van der Waals surface area (Å²) in [5.41, 5.74) is 7.45. The Bertz CT molecular complexity index is 612. The van der Waals surface area contributed by atoms with Crippen molar-refractivity contribution < 1.29 is 12.6 Å². The summed E-state index contributed by atoms with van der Waals surface area (Å²) in [6.07, 6.45) is 2.15. The van der Waals surface area contributed by atoms with Crippen LogP contribution in [0.15, 0.2) is 17.0 Å². The predicted octanol–water partition coefficient (Wildman–Crippen LogP) is 1.32. The van der Waals surface area contributed by atoms with E-state index in [-0.39, 0.29) is 16.7 Å². The number of aryl methyl sites for hydroxylation is 1. The maximum absolute atomic E-state index is 12.3. The third kappa shape index (κ3) is 4.04. The van der Waals surface area contributed by atoms with Crippen LogP contribution in [-0.4, -0.2) is 30.7 Å². The summed E-state index contributed by atoms with van der Waals surface area (Å²) < 4.78 is 38.5. The van der Waals surface area contributed by atoms with Crippen molar-refractivity contribution in [3.63, 3.8) is 0 Å². The van der Waals surface area contributed by atoms with Gasteiger partial charge in [-0.2, -0.15) is 0 Å². The largest absolute Gasteiger partial charge is 0.398 e. The average Bonchev–Trinajstić information content (AvgIpc) is 2.33. The molecule has 0 saturated heterocycles. The van der Waals surface area contributed by atoms with E-state index in [1.54, 1.807) is 32.2 Å². The van der Waals surface area contributed by atoms with E-state index in [0.717, 1.165) is 0 Å². The summed E-state index contributed by atoms with van der Waals surface area (Å²) in [5.74, 6) is 0. The van der Waals surface area contributed by atoms with Gasteiger partial charge in [-0.1, -0.05) is 13.0 Å². The highest BCUT2D eigenvalue weighted by Gasteiger charge is 2.20. The van der Waals surface area contributed by atoms with Crippen molar-refractivity contribution in [3.05, 3.63) is 23.3 Å². The van der Waals surface area contributed by atoms with E-state index in [2.05, 4.69) is 4.72 Å². The molecule has 0 aliphatic rings. The van der Waals surface area contributed by atoms with Crippen LogP contribution in [0.2, 0.25) is 0 Å². The van der Waals surface area contributed by atoms with Crippen molar-refractivity contribution >= 4 is 26.5 Å². The van der Waals surface area contributed by atoms with Crippen LogP contribution in [0.1, 0.15) is 24.5 Å². The molecule has 3 N–H and O–H groups in total. The molecule has 5 nitrogen and oxygen atoms in total. The van der Waals surface area contributed by atoms with E-state index in [1.165, 1.54) is 0 Å². The molecule has 0 aliphatic heterocycles. The lowest BCUT2D eigenvalue weighted by atomic mass is 10.1. The molecule has 0 fully saturated rings. The summed E-state index contributed by atoms with van der Waals surface area (Å²) in [7, 11) is -4.54. The molecule has 2 atom stereocenters. The highest BCUT2D eigenvalue weighted by Crippen LogP contribution is 2.24. The summed E-state index contributed by atoms with van der Waals surface area (Å²) >= 11 is 0. The van der Waals surface area contributed by atoms with Gasteiger partial charge < -0.3 is 5.73 Å². The maximum atomic E-state index is 12.3. The fourth-order valence-electron chi connectivity index (χ4n) is 1.89. The van der Waals surface area contributed by atoms with Crippen molar-refractivity contribution in [1.29, 1.82) is 0 Å². The molecule has 1 rings (SSSR count). The molecular weight excluding hydrogens is 296 g/mol. The first-order chi connectivity index (χ1) is 9.16. The minimum atomic E-state index is -3.59. The quantitative estimate of drug-likeness (QED) is 0.774. The normalized spacial score (nSPS) is 15.0. The summed E-state index contributed by atoms with van der Waals surface area (Å²) in [5, 5.41) is -0.0410. The van der Waals surface area contributed by atoms with Gasteiger partial charge >= 0.3 is 0 Å². The Morgan fingerprint density at radius 3 is 2.50 bits per heavy atom. The Labute approximate surface area is 123 Å². The Morgan fingerprint density at radius 2 is 1.95 bits per heavy atom. The predicted molar refractivity (Wildman–Crippen MR) is 83.7 cm³/mol. The first kappa shape index (κ1) is 17.1. The Hall–Kier alpha value is -0.920. The number of hydrogen-bond acceptors (Lipinski definition) is 4. The summed E-state index contributed by atoms with van der Waals surface area (Å²) in [6, 6.07) is 3.40. The van der Waals surface area contributed by atoms with Gasteiger partial charge in [0.25, 0.3) is 0 Å². The van der Waals surface area contributed by atoms with Gasteiger partial charge in [0, 0.05) is 34.5 Å². The second kappa shape index (κ2) is 6.69. The van der Waals surface area contributed by atoms with Crippen molar-refractivity contribution in [2.75, 3.05) is 18.5 Å². The van der Waals surface area contributed by atoms with Crippen LogP contribution < -0.4 is 10.5 Å². The molecule has 0 bridgehead atoms. The smallest absolute Gasteiger partial charge is 0.241 e. The second-order valence-electron chi connectivity index (χ2n) is 4.92. The molecule has 0 aromatic heterocycles. The molecule has 7 heteroatoms. The molecule has 0 heterocycles. The molecule has 0 saturated carbocycles. The minimum Gasteiger partial charge on any atom is -0.398 e. The van der Waals surface area contributed by atoms with Crippen LogP contribution >= 0.6 is 0 Å². The minimum absolute atomic E-state index is 0.0410. The molecule has 0 amide bonds. The Morgan fingerprint density at radius 1 is 1.35 bits per heavy atom. The van der Waals surface area contributed by atoms with Crippen LogP contribution in [0.4, 0.5) is 5.69 Å². The molecule has 2 unspecified atom stereocenters. The van der Waals surface area contributed by atoms with Gasteiger partial charge in [-0.15, -0.1) is 0 Å². The molecule has 20 heavy (non-hydrogen) atoms. The Balaban J connectivity index is 2.90. The highest BCUT2D eigenvalue weighted by atomic mass is 32.2. The van der Waals surface area contributed by atoms with Crippen LogP contribution in [0.25, 0.3) is 0 Å². The van der Waals surface area contributed by atoms with Crippen molar-refractivity contribution in [3.8, 4) is 0 Å². The molecule has 1 aromatic carbocycles. The zero-order chi connectivity index (χ0) is 15.5. The standard InChI is InChI=1S/C13H22N2O3S2/c1-9-5-6-12(14)11(3)13(9)20(17,18)15-8-7-10(2)19(4)16/h5-6,10,15H,7-8,14H2,1-4H3. The molecule has 114 valence electrons. The zero-order valence-corrected chi connectivity index (χ0v) is 13.9. The fourth-order valence-corrected chi connectivity index (χ4v) is 3.88. The number of anilines is 1. The van der Waals surface area contributed by atoms with Gasteiger partial charge in [0.15, 0.2) is 0 Å². The average molecular weight is 318 g/mol. The van der Waals surface area contributed by atoms with Crippen LogP contribution in [-0.2, 0) is 20.8 Å². The van der Waals surface area contributed by atoms with E-state index < -0.39 is 20.8 Å². The first-order valence-electron chi connectivity index (χ1n) is 6.34. The SMILES string of the molecule is Cc1ccc(N)c(C)c1S(=O)(=O)NCCC(C)S(C)=O. The van der Waals surface area contributed by atoms with Crippen molar-refractivity contribution in [2.45, 2.75) is 37.3 Å². The third-order valence-electron chi connectivity index (χ3n) is 3.32. The lowest BCUT2D eigenvalue weighted by Crippen LogP contribution is -2.29. The summed E-state index contributed by atoms with van der Waals surface area (Å²) in [4.78, 5) is 0.239. The number of nitrogen functional groups attached to an aromatic ring is 1. The number of hydrogen-bond donors (Lipinski definition) is 2. The van der Waals surface area contributed by atoms with Gasteiger partial charge in [0.2, 0.25) is 10.0 Å². The van der Waals surface area contributed by atoms with Crippen LogP contribution in [0.5, 0.6) is 0 Å². The van der Waals surface area contributed by atoms with Gasteiger partial charge in [0.1, 0.15) is 0 Å². The van der Waals surface area contributed by atoms with Gasteiger partial charge in [0.05, 0.1) is 4.90 Å².